The minimum absolute atomic E-state index is 0.529. The molecular weight excluding hydrogens is 310 g/mol. The molecule has 0 saturated carbocycles. The highest BCUT2D eigenvalue weighted by Crippen LogP contribution is 2.22. The Hall–Kier alpha value is -2.66. The largest absolute Gasteiger partial charge is 0.364 e. The van der Waals surface area contributed by atoms with Gasteiger partial charge in [0.1, 0.15) is 5.82 Å². The van der Waals surface area contributed by atoms with E-state index in [4.69, 9.17) is 11.6 Å². The molecule has 0 radical (unpaired) electrons. The molecule has 116 valence electrons. The molecular formula is C17H16ClN5. The van der Waals surface area contributed by atoms with Crippen molar-refractivity contribution in [1.82, 2.24) is 15.0 Å². The highest BCUT2D eigenvalue weighted by Gasteiger charge is 2.03. The van der Waals surface area contributed by atoms with Crippen LogP contribution in [0.1, 0.15) is 11.3 Å². The molecule has 0 aliphatic heterocycles. The monoisotopic (exact) mass is 325 g/mol. The van der Waals surface area contributed by atoms with Crippen LogP contribution in [-0.4, -0.2) is 15.0 Å². The Balaban J connectivity index is 1.69. The number of aromatic nitrogens is 3. The number of hydrogen-bond donors (Lipinski definition) is 2. The first-order valence-electron chi connectivity index (χ1n) is 7.21. The number of pyridine rings is 1. The van der Waals surface area contributed by atoms with Gasteiger partial charge in [0.05, 0.1) is 12.2 Å². The average molecular weight is 326 g/mol. The molecule has 2 heterocycles. The van der Waals surface area contributed by atoms with Crippen LogP contribution < -0.4 is 10.6 Å². The van der Waals surface area contributed by atoms with E-state index < -0.39 is 0 Å². The summed E-state index contributed by atoms with van der Waals surface area (Å²) >= 11 is 5.97. The van der Waals surface area contributed by atoms with E-state index in [1.165, 1.54) is 0 Å². The van der Waals surface area contributed by atoms with E-state index in [1.807, 2.05) is 49.4 Å². The highest BCUT2D eigenvalue weighted by molar-refractivity contribution is 6.30. The second-order valence-corrected chi connectivity index (χ2v) is 5.46. The molecule has 2 aromatic heterocycles. The zero-order valence-corrected chi connectivity index (χ0v) is 13.4. The summed E-state index contributed by atoms with van der Waals surface area (Å²) in [5, 5.41) is 7.15. The lowest BCUT2D eigenvalue weighted by Gasteiger charge is -2.10. The molecule has 3 aromatic rings. The Kier molecular flexibility index (Phi) is 4.68. The van der Waals surface area contributed by atoms with E-state index in [0.29, 0.717) is 17.5 Å². The second-order valence-electron chi connectivity index (χ2n) is 5.02. The Morgan fingerprint density at radius 3 is 2.74 bits per heavy atom. The van der Waals surface area contributed by atoms with E-state index in [0.717, 1.165) is 22.8 Å². The number of aryl methyl sites for hydroxylation is 1. The molecule has 0 atom stereocenters. The lowest BCUT2D eigenvalue weighted by Crippen LogP contribution is -2.05. The topological polar surface area (TPSA) is 62.7 Å². The summed E-state index contributed by atoms with van der Waals surface area (Å²) in [5.74, 6) is 1.27. The summed E-state index contributed by atoms with van der Waals surface area (Å²) in [6.07, 6.45) is 3.48. The first kappa shape index (κ1) is 15.2. The third kappa shape index (κ3) is 4.17. The normalized spacial score (nSPS) is 10.3. The molecule has 0 fully saturated rings. The number of halogens is 1. The van der Waals surface area contributed by atoms with Crippen LogP contribution in [0.25, 0.3) is 0 Å². The van der Waals surface area contributed by atoms with Gasteiger partial charge in [0.15, 0.2) is 0 Å². The Labute approximate surface area is 139 Å². The fraction of sp³-hybridized carbons (Fsp3) is 0.118. The van der Waals surface area contributed by atoms with Gasteiger partial charge in [0.25, 0.3) is 0 Å². The summed E-state index contributed by atoms with van der Waals surface area (Å²) in [6.45, 7) is 2.59. The predicted octanol–water partition coefficient (Wildman–Crippen LogP) is 4.19. The number of rotatable bonds is 5. The molecule has 1 aromatic carbocycles. The van der Waals surface area contributed by atoms with Crippen LogP contribution in [0.4, 0.5) is 17.5 Å². The summed E-state index contributed by atoms with van der Waals surface area (Å²) in [6, 6.07) is 13.3. The van der Waals surface area contributed by atoms with Crippen LogP contribution in [0.3, 0.4) is 0 Å². The number of nitrogens with zero attached hydrogens (tertiary/aromatic N) is 3. The van der Waals surface area contributed by atoms with Crippen LogP contribution in [0.15, 0.2) is 54.9 Å². The van der Waals surface area contributed by atoms with Crippen molar-refractivity contribution in [2.45, 2.75) is 13.5 Å². The van der Waals surface area contributed by atoms with Crippen molar-refractivity contribution in [2.75, 3.05) is 10.6 Å². The van der Waals surface area contributed by atoms with Crippen LogP contribution in [-0.2, 0) is 6.54 Å². The molecule has 0 bridgehead atoms. The number of hydrogen-bond acceptors (Lipinski definition) is 5. The average Bonchev–Trinajstić information content (AvgIpc) is 2.57. The molecule has 3 rings (SSSR count). The quantitative estimate of drug-likeness (QED) is 0.736. The highest BCUT2D eigenvalue weighted by atomic mass is 35.5. The number of anilines is 3. The SMILES string of the molecule is Cc1cc(Cl)ccc1Nc1nccc(NCc2ccccn2)n1. The van der Waals surface area contributed by atoms with Crippen molar-refractivity contribution < 1.29 is 0 Å². The van der Waals surface area contributed by atoms with E-state index in [1.54, 1.807) is 12.4 Å². The van der Waals surface area contributed by atoms with Crippen LogP contribution in [0.2, 0.25) is 5.02 Å². The molecule has 6 heteroatoms. The van der Waals surface area contributed by atoms with Gasteiger partial charge in [-0.05, 0) is 48.9 Å². The minimum atomic E-state index is 0.529. The standard InChI is InChI=1S/C17H16ClN5/c1-12-10-13(18)5-6-15(12)22-17-20-9-7-16(23-17)21-11-14-4-2-3-8-19-14/h2-10H,11H2,1H3,(H2,20,21,22,23). The maximum atomic E-state index is 5.97. The zero-order valence-electron chi connectivity index (χ0n) is 12.6. The van der Waals surface area contributed by atoms with Gasteiger partial charge >= 0.3 is 0 Å². The number of nitrogens with one attached hydrogen (secondary N) is 2. The molecule has 2 N–H and O–H groups in total. The van der Waals surface area contributed by atoms with Gasteiger partial charge in [-0.3, -0.25) is 4.98 Å². The lowest BCUT2D eigenvalue weighted by molar-refractivity contribution is 1.02. The predicted molar refractivity (Wildman–Crippen MR) is 93.1 cm³/mol. The molecule has 23 heavy (non-hydrogen) atoms. The van der Waals surface area contributed by atoms with Gasteiger partial charge < -0.3 is 10.6 Å². The summed E-state index contributed by atoms with van der Waals surface area (Å²) in [5.41, 5.74) is 2.92. The van der Waals surface area contributed by atoms with Gasteiger partial charge in [0.2, 0.25) is 5.95 Å². The Bertz CT molecular complexity index is 792. The maximum absolute atomic E-state index is 5.97. The van der Waals surface area contributed by atoms with Crippen molar-refractivity contribution in [3.05, 3.63) is 71.1 Å². The van der Waals surface area contributed by atoms with E-state index in [9.17, 15) is 0 Å². The van der Waals surface area contributed by atoms with E-state index >= 15 is 0 Å². The molecule has 0 unspecified atom stereocenters. The van der Waals surface area contributed by atoms with E-state index in [-0.39, 0.29) is 0 Å². The molecule has 5 nitrogen and oxygen atoms in total. The van der Waals surface area contributed by atoms with Crippen LogP contribution >= 0.6 is 11.6 Å². The molecule has 0 saturated heterocycles. The molecule has 0 amide bonds. The van der Waals surface area contributed by atoms with Crippen LogP contribution in [0.5, 0.6) is 0 Å². The fourth-order valence-corrected chi connectivity index (χ4v) is 2.32. The first-order chi connectivity index (χ1) is 11.2. The van der Waals surface area contributed by atoms with Gasteiger partial charge in [-0.25, -0.2) is 4.98 Å². The van der Waals surface area contributed by atoms with Crippen molar-refractivity contribution in [3.63, 3.8) is 0 Å². The minimum Gasteiger partial charge on any atom is -0.364 e. The van der Waals surface area contributed by atoms with Crippen molar-refractivity contribution in [2.24, 2.45) is 0 Å². The van der Waals surface area contributed by atoms with Crippen LogP contribution in [0, 0.1) is 6.92 Å². The van der Waals surface area contributed by atoms with Crippen molar-refractivity contribution >= 4 is 29.1 Å². The third-order valence-corrected chi connectivity index (χ3v) is 3.50. The summed E-state index contributed by atoms with van der Waals surface area (Å²) in [4.78, 5) is 13.0. The van der Waals surface area contributed by atoms with Gasteiger partial charge in [0, 0.05) is 23.1 Å². The van der Waals surface area contributed by atoms with Crippen molar-refractivity contribution in [3.8, 4) is 0 Å². The molecule has 0 aliphatic rings. The Morgan fingerprint density at radius 1 is 1.04 bits per heavy atom. The second kappa shape index (κ2) is 7.07. The smallest absolute Gasteiger partial charge is 0.229 e. The zero-order chi connectivity index (χ0) is 16.1. The maximum Gasteiger partial charge on any atom is 0.229 e. The van der Waals surface area contributed by atoms with Gasteiger partial charge in [-0.15, -0.1) is 0 Å². The molecule has 0 aliphatic carbocycles. The third-order valence-electron chi connectivity index (χ3n) is 3.27. The lowest BCUT2D eigenvalue weighted by atomic mass is 10.2. The van der Waals surface area contributed by atoms with Crippen molar-refractivity contribution in [1.29, 1.82) is 0 Å². The van der Waals surface area contributed by atoms with Gasteiger partial charge in [-0.1, -0.05) is 17.7 Å². The summed E-state index contributed by atoms with van der Waals surface area (Å²) < 4.78 is 0. The molecule has 0 spiro atoms. The van der Waals surface area contributed by atoms with E-state index in [2.05, 4.69) is 25.6 Å². The number of benzene rings is 1. The summed E-state index contributed by atoms with van der Waals surface area (Å²) in [7, 11) is 0. The first-order valence-corrected chi connectivity index (χ1v) is 7.58. The van der Waals surface area contributed by atoms with Gasteiger partial charge in [-0.2, -0.15) is 4.98 Å². The Morgan fingerprint density at radius 2 is 1.96 bits per heavy atom. The fourth-order valence-electron chi connectivity index (χ4n) is 2.09.